The molecule has 1 heterocycles. The van der Waals surface area contributed by atoms with Crippen LogP contribution in [0.3, 0.4) is 0 Å². The van der Waals surface area contributed by atoms with E-state index < -0.39 is 5.41 Å². The molecule has 0 bridgehead atoms. The first-order chi connectivity index (χ1) is 32.3. The maximum atomic E-state index is 6.62. The van der Waals surface area contributed by atoms with Crippen LogP contribution in [0.4, 0.5) is 17.1 Å². The van der Waals surface area contributed by atoms with Gasteiger partial charge in [0.1, 0.15) is 39.2 Å². The molecule has 0 aliphatic heterocycles. The zero-order valence-electron chi connectivity index (χ0n) is 36.0. The van der Waals surface area contributed by atoms with E-state index >= 15 is 0 Å². The smallest absolute Gasteiger partial charge is 0.113 e. The van der Waals surface area contributed by atoms with E-state index in [9.17, 15) is 0 Å². The standard InChI is InChI=1S/C59H35B5N2/c60-54-53(55(61)57(63)58(64)56(54)62)37-27-29-40(30-28-37)65(42-32-33-51-46(35-42)45-20-8-12-24-50(45)66(51)41-31-26-36-14-4-5-15-38(36)34-41)52-25-13-11-23-49(52)59(39-16-2-1-3-17-39)47-21-9-6-18-43(47)44-19-7-10-22-48(44)59/h1-35H. The lowest BCUT2D eigenvalue weighted by Crippen LogP contribution is -2.55. The molecule has 0 saturated heterocycles. The number of hydrogen-bond donors (Lipinski definition) is 0. The molecule has 0 atom stereocenters. The summed E-state index contributed by atoms with van der Waals surface area (Å²) in [6, 6.07) is 76.5. The van der Waals surface area contributed by atoms with Gasteiger partial charge < -0.3 is 9.47 Å². The van der Waals surface area contributed by atoms with Gasteiger partial charge >= 0.3 is 0 Å². The van der Waals surface area contributed by atoms with Crippen LogP contribution >= 0.6 is 0 Å². The molecule has 1 aromatic heterocycles. The molecule has 0 unspecified atom stereocenters. The van der Waals surface area contributed by atoms with Gasteiger partial charge in [0.15, 0.2) is 0 Å². The molecule has 2 nitrogen and oxygen atoms in total. The lowest BCUT2D eigenvalue weighted by atomic mass is 9.60. The third-order valence-electron chi connectivity index (χ3n) is 13.7. The Morgan fingerprint density at radius 3 is 1.64 bits per heavy atom. The molecule has 66 heavy (non-hydrogen) atoms. The van der Waals surface area contributed by atoms with Crippen molar-refractivity contribution in [2.24, 2.45) is 0 Å². The largest absolute Gasteiger partial charge is 0.310 e. The van der Waals surface area contributed by atoms with E-state index in [4.69, 9.17) is 39.2 Å². The highest BCUT2D eigenvalue weighted by Crippen LogP contribution is 2.58. The summed E-state index contributed by atoms with van der Waals surface area (Å²) < 4.78 is 2.38. The van der Waals surface area contributed by atoms with Crippen LogP contribution in [0.15, 0.2) is 212 Å². The van der Waals surface area contributed by atoms with Crippen molar-refractivity contribution >= 4 is 116 Å². The summed E-state index contributed by atoms with van der Waals surface area (Å²) in [7, 11) is 32.2. The zero-order valence-corrected chi connectivity index (χ0v) is 36.0. The molecule has 1 aliphatic carbocycles. The van der Waals surface area contributed by atoms with Crippen LogP contribution < -0.4 is 32.2 Å². The Labute approximate surface area is 391 Å². The normalized spacial score (nSPS) is 12.7. The van der Waals surface area contributed by atoms with Crippen LogP contribution in [-0.4, -0.2) is 43.8 Å². The highest BCUT2D eigenvalue weighted by atomic mass is 15.1. The molecule has 10 aromatic carbocycles. The van der Waals surface area contributed by atoms with Crippen LogP contribution in [0, 0.1) is 0 Å². The van der Waals surface area contributed by atoms with E-state index in [0.29, 0.717) is 16.5 Å². The topological polar surface area (TPSA) is 8.17 Å². The Morgan fingerprint density at radius 2 is 0.924 bits per heavy atom. The van der Waals surface area contributed by atoms with Crippen LogP contribution in [0.25, 0.3) is 60.5 Å². The van der Waals surface area contributed by atoms with E-state index in [0.717, 1.165) is 55.7 Å². The number of hydrogen-bond acceptors (Lipinski definition) is 1. The van der Waals surface area contributed by atoms with Crippen molar-refractivity contribution in [1.29, 1.82) is 0 Å². The summed E-state index contributed by atoms with van der Waals surface area (Å²) in [5.41, 5.74) is 15.4. The minimum atomic E-state index is -0.665. The summed E-state index contributed by atoms with van der Waals surface area (Å²) in [6.07, 6.45) is 0. The van der Waals surface area contributed by atoms with Crippen LogP contribution in [-0.2, 0) is 5.41 Å². The summed E-state index contributed by atoms with van der Waals surface area (Å²) in [4.78, 5) is 2.38. The van der Waals surface area contributed by atoms with Gasteiger partial charge in [-0.15, -0.1) is 16.4 Å². The maximum Gasteiger partial charge on any atom is 0.113 e. The second-order valence-corrected chi connectivity index (χ2v) is 17.1. The average molecular weight is 826 g/mol. The molecule has 0 spiro atoms. The number of nitrogens with zero attached hydrogens (tertiary/aromatic N) is 2. The molecular weight excluding hydrogens is 791 g/mol. The SMILES string of the molecule is [B]c1c([B])c([B])c(-c2ccc(N(c3ccc4c(c3)c3ccccc3n4-c3ccc4ccccc4c3)c3ccccc3C3(c4ccccc4)c4ccccc4-c4ccccc43)cc2)c([B])c1[B]. The Kier molecular flexibility index (Phi) is 9.40. The Hall–Kier alpha value is -7.62. The Morgan fingerprint density at radius 1 is 0.379 bits per heavy atom. The molecule has 0 saturated carbocycles. The van der Waals surface area contributed by atoms with Crippen molar-refractivity contribution in [2.45, 2.75) is 5.41 Å². The number of anilines is 3. The highest BCUT2D eigenvalue weighted by molar-refractivity contribution is 6.68. The van der Waals surface area contributed by atoms with E-state index in [-0.39, 0.29) is 16.4 Å². The third kappa shape index (κ3) is 5.89. The summed E-state index contributed by atoms with van der Waals surface area (Å²) in [5, 5.41) is 4.70. The summed E-state index contributed by atoms with van der Waals surface area (Å²) in [6.45, 7) is 0. The van der Waals surface area contributed by atoms with Crippen molar-refractivity contribution in [3.05, 3.63) is 235 Å². The lowest BCUT2D eigenvalue weighted by molar-refractivity contribution is 0.768. The fourth-order valence-corrected chi connectivity index (χ4v) is 10.7. The van der Waals surface area contributed by atoms with Crippen molar-refractivity contribution < 1.29 is 0 Å². The number of rotatable bonds is 7. The van der Waals surface area contributed by atoms with E-state index in [1.165, 1.54) is 38.6 Å². The maximum absolute atomic E-state index is 6.62. The number of para-hydroxylation sites is 2. The molecule has 11 aromatic rings. The average Bonchev–Trinajstić information content (AvgIpc) is 3.86. The second kappa shape index (κ2) is 15.5. The predicted octanol–water partition coefficient (Wildman–Crippen LogP) is 9.41. The minimum Gasteiger partial charge on any atom is -0.310 e. The molecule has 0 fully saturated rings. The first-order valence-corrected chi connectivity index (χ1v) is 22.1. The van der Waals surface area contributed by atoms with Crippen LogP contribution in [0.1, 0.15) is 22.3 Å². The predicted molar refractivity (Wildman–Crippen MR) is 283 cm³/mol. The second-order valence-electron chi connectivity index (χ2n) is 17.1. The van der Waals surface area contributed by atoms with Crippen molar-refractivity contribution in [2.75, 3.05) is 4.90 Å². The van der Waals surface area contributed by atoms with Gasteiger partial charge in [-0.2, -0.15) is 0 Å². The summed E-state index contributed by atoms with van der Waals surface area (Å²) in [5.74, 6) is 0. The molecule has 0 N–H and O–H groups in total. The van der Waals surface area contributed by atoms with Gasteiger partial charge in [0.05, 0.1) is 22.1 Å². The van der Waals surface area contributed by atoms with Gasteiger partial charge in [-0.05, 0) is 110 Å². The molecule has 10 radical (unpaired) electrons. The molecule has 7 heteroatoms. The number of fused-ring (bicyclic) bond motifs is 7. The minimum absolute atomic E-state index is 0.188. The fourth-order valence-electron chi connectivity index (χ4n) is 10.7. The van der Waals surface area contributed by atoms with Crippen molar-refractivity contribution in [3.8, 4) is 27.9 Å². The van der Waals surface area contributed by atoms with E-state index in [2.05, 4.69) is 210 Å². The van der Waals surface area contributed by atoms with E-state index in [1.54, 1.807) is 0 Å². The summed E-state index contributed by atoms with van der Waals surface area (Å²) >= 11 is 0. The van der Waals surface area contributed by atoms with Gasteiger partial charge in [-0.1, -0.05) is 169 Å². The van der Waals surface area contributed by atoms with Gasteiger partial charge in [-0.3, -0.25) is 0 Å². The highest BCUT2D eigenvalue weighted by Gasteiger charge is 2.47. The van der Waals surface area contributed by atoms with Gasteiger partial charge in [-0.25, -0.2) is 0 Å². The molecule has 296 valence electrons. The Bertz CT molecular complexity index is 3650. The van der Waals surface area contributed by atoms with Crippen molar-refractivity contribution in [3.63, 3.8) is 0 Å². The quantitative estimate of drug-likeness (QED) is 0.146. The van der Waals surface area contributed by atoms with Gasteiger partial charge in [0.2, 0.25) is 0 Å². The van der Waals surface area contributed by atoms with E-state index in [1.807, 2.05) is 12.1 Å². The van der Waals surface area contributed by atoms with Gasteiger partial charge in [0, 0.05) is 27.8 Å². The molecule has 12 rings (SSSR count). The molecular formula is C59H35B5N2. The monoisotopic (exact) mass is 826 g/mol. The Balaban J connectivity index is 1.13. The fraction of sp³-hybridized carbons (Fsp3) is 0.0169. The zero-order chi connectivity index (χ0) is 44.7. The number of benzene rings is 10. The first kappa shape index (κ1) is 39.9. The van der Waals surface area contributed by atoms with Crippen LogP contribution in [0.2, 0.25) is 0 Å². The van der Waals surface area contributed by atoms with Crippen LogP contribution in [0.5, 0.6) is 0 Å². The lowest BCUT2D eigenvalue weighted by Gasteiger charge is -2.38. The first-order valence-electron chi connectivity index (χ1n) is 22.1. The van der Waals surface area contributed by atoms with Gasteiger partial charge in [0.25, 0.3) is 0 Å². The third-order valence-corrected chi connectivity index (χ3v) is 13.7. The van der Waals surface area contributed by atoms with Crippen molar-refractivity contribution in [1.82, 2.24) is 4.57 Å². The number of aromatic nitrogens is 1. The molecule has 0 amide bonds. The molecule has 1 aliphatic rings.